The highest BCUT2D eigenvalue weighted by atomic mass is 35.5. The predicted octanol–water partition coefficient (Wildman–Crippen LogP) is 2.18. The van der Waals surface area contributed by atoms with Crippen LogP contribution in [0.25, 0.3) is 0 Å². The quantitative estimate of drug-likeness (QED) is 0.591. The molecule has 3 rings (SSSR count). The van der Waals surface area contributed by atoms with E-state index in [0.29, 0.717) is 29.4 Å². The molecule has 1 N–H and O–H groups in total. The Morgan fingerprint density at radius 3 is 2.61 bits per heavy atom. The van der Waals surface area contributed by atoms with Crippen LogP contribution in [0, 0.1) is 6.92 Å². The van der Waals surface area contributed by atoms with Crippen LogP contribution in [0.1, 0.15) is 46.2 Å². The van der Waals surface area contributed by atoms with Crippen LogP contribution in [-0.2, 0) is 26.9 Å². The first-order chi connectivity index (χ1) is 15.7. The average molecular weight is 495 g/mol. The number of aromatic nitrogens is 2. The fraction of sp³-hybridized carbons (Fsp3) is 0.455. The van der Waals surface area contributed by atoms with E-state index in [4.69, 9.17) is 16.3 Å². The Morgan fingerprint density at radius 1 is 1.27 bits per heavy atom. The Hall–Kier alpha value is -2.72. The van der Waals surface area contributed by atoms with E-state index in [1.165, 1.54) is 10.9 Å². The van der Waals surface area contributed by atoms with Crippen LogP contribution >= 0.6 is 11.6 Å². The zero-order valence-corrected chi connectivity index (χ0v) is 20.4. The van der Waals surface area contributed by atoms with Gasteiger partial charge in [0.25, 0.3) is 5.91 Å². The second-order valence-electron chi connectivity index (χ2n) is 7.76. The van der Waals surface area contributed by atoms with Crippen LogP contribution < -0.4 is 5.32 Å². The van der Waals surface area contributed by atoms with E-state index in [2.05, 4.69) is 10.4 Å². The number of hydrogen-bond acceptors (Lipinski definition) is 6. The van der Waals surface area contributed by atoms with Crippen molar-refractivity contribution in [3.63, 3.8) is 0 Å². The number of esters is 1. The molecular formula is C22H27ClN4O5S. The lowest BCUT2D eigenvalue weighted by Gasteiger charge is -2.33. The van der Waals surface area contributed by atoms with Crippen molar-refractivity contribution in [2.45, 2.75) is 44.3 Å². The van der Waals surface area contributed by atoms with E-state index in [9.17, 15) is 18.6 Å². The summed E-state index contributed by atoms with van der Waals surface area (Å²) in [4.78, 5) is 39.5. The summed E-state index contributed by atoms with van der Waals surface area (Å²) in [6, 6.07) is 6.48. The molecule has 1 aliphatic heterocycles. The third-order valence-electron chi connectivity index (χ3n) is 5.29. The first-order valence-electron chi connectivity index (χ1n) is 10.6. The van der Waals surface area contributed by atoms with Crippen molar-refractivity contribution in [1.29, 1.82) is 0 Å². The Kier molecular flexibility index (Phi) is 8.25. The van der Waals surface area contributed by atoms with E-state index in [0.717, 1.165) is 12.8 Å². The molecule has 1 saturated heterocycles. The molecule has 0 spiro atoms. The van der Waals surface area contributed by atoms with Crippen molar-refractivity contribution in [1.82, 2.24) is 20.0 Å². The Labute approximate surface area is 199 Å². The van der Waals surface area contributed by atoms with Crippen LogP contribution in [-0.4, -0.2) is 68.7 Å². The SMILES string of the molecule is CCOC(=O)c1c(C)nn(CC(=O)N[C@H]2CCCN(C(=O)c3ccc(Cl)cc3)C2)c1S(C)=O. The average Bonchev–Trinajstić information content (AvgIpc) is 3.09. The highest BCUT2D eigenvalue weighted by molar-refractivity contribution is 7.84. The van der Waals surface area contributed by atoms with Gasteiger partial charge in [-0.15, -0.1) is 0 Å². The van der Waals surface area contributed by atoms with E-state index in [1.54, 1.807) is 43.0 Å². The maximum Gasteiger partial charge on any atom is 0.342 e. The number of likely N-dealkylation sites (tertiary alicyclic amines) is 1. The van der Waals surface area contributed by atoms with Crippen LogP contribution in [0.4, 0.5) is 0 Å². The number of ether oxygens (including phenoxy) is 1. The lowest BCUT2D eigenvalue weighted by Crippen LogP contribution is -2.50. The van der Waals surface area contributed by atoms with Gasteiger partial charge in [0.2, 0.25) is 5.91 Å². The second kappa shape index (κ2) is 10.9. The van der Waals surface area contributed by atoms with E-state index in [1.807, 2.05) is 0 Å². The van der Waals surface area contributed by atoms with Gasteiger partial charge in [0.15, 0.2) is 0 Å². The predicted molar refractivity (Wildman–Crippen MR) is 124 cm³/mol. The Morgan fingerprint density at radius 2 is 1.97 bits per heavy atom. The molecule has 178 valence electrons. The minimum absolute atomic E-state index is 0.115. The Balaban J connectivity index is 1.67. The maximum absolute atomic E-state index is 12.8. The lowest BCUT2D eigenvalue weighted by molar-refractivity contribution is -0.123. The highest BCUT2D eigenvalue weighted by Crippen LogP contribution is 2.20. The van der Waals surface area contributed by atoms with Gasteiger partial charge in [0.1, 0.15) is 17.1 Å². The molecule has 1 aromatic heterocycles. The summed E-state index contributed by atoms with van der Waals surface area (Å²) in [6.45, 7) is 4.25. The van der Waals surface area contributed by atoms with Crippen molar-refractivity contribution in [3.05, 3.63) is 46.1 Å². The number of piperidine rings is 1. The standard InChI is InChI=1S/C22H27ClN4O5S/c1-4-32-22(30)19-14(2)25-27(21(19)33(3)31)13-18(28)24-17-6-5-11-26(12-17)20(29)15-7-9-16(23)10-8-15/h7-10,17H,4-6,11-13H2,1-3H3,(H,24,28)/t17-,33?/m0/s1. The number of aryl methyl sites for hydroxylation is 1. The first-order valence-corrected chi connectivity index (χ1v) is 12.6. The van der Waals surface area contributed by atoms with Gasteiger partial charge in [0, 0.05) is 36.0 Å². The second-order valence-corrected chi connectivity index (χ2v) is 9.49. The fourth-order valence-corrected chi connectivity index (χ4v) is 4.91. The summed E-state index contributed by atoms with van der Waals surface area (Å²) < 4.78 is 18.6. The van der Waals surface area contributed by atoms with Crippen molar-refractivity contribution in [2.75, 3.05) is 26.0 Å². The highest BCUT2D eigenvalue weighted by Gasteiger charge is 2.28. The summed E-state index contributed by atoms with van der Waals surface area (Å²) in [7, 11) is -1.56. The van der Waals surface area contributed by atoms with Gasteiger partial charge in [0.05, 0.1) is 23.1 Å². The molecule has 2 atom stereocenters. The molecule has 2 heterocycles. The molecular weight excluding hydrogens is 468 g/mol. The van der Waals surface area contributed by atoms with Crippen molar-refractivity contribution in [2.24, 2.45) is 0 Å². The number of carbonyl (C=O) groups excluding carboxylic acids is 3. The van der Waals surface area contributed by atoms with Crippen LogP contribution in [0.5, 0.6) is 0 Å². The van der Waals surface area contributed by atoms with Gasteiger partial charge in [-0.2, -0.15) is 5.10 Å². The smallest absolute Gasteiger partial charge is 0.342 e. The number of nitrogens with zero attached hydrogens (tertiary/aromatic N) is 3. The minimum atomic E-state index is -1.56. The third kappa shape index (κ3) is 6.00. The first kappa shape index (κ1) is 24.9. The molecule has 0 radical (unpaired) electrons. The topological polar surface area (TPSA) is 111 Å². The molecule has 1 fully saturated rings. The number of nitrogens with one attached hydrogen (secondary N) is 1. The van der Waals surface area contributed by atoms with Gasteiger partial charge in [-0.1, -0.05) is 11.6 Å². The van der Waals surface area contributed by atoms with E-state index < -0.39 is 16.8 Å². The summed E-state index contributed by atoms with van der Waals surface area (Å²) in [5.41, 5.74) is 1.02. The molecule has 2 aromatic rings. The largest absolute Gasteiger partial charge is 0.462 e. The summed E-state index contributed by atoms with van der Waals surface area (Å²) >= 11 is 5.90. The number of hydrogen-bond donors (Lipinski definition) is 1. The fourth-order valence-electron chi connectivity index (χ4n) is 3.86. The zero-order valence-electron chi connectivity index (χ0n) is 18.8. The number of benzene rings is 1. The summed E-state index contributed by atoms with van der Waals surface area (Å²) in [5, 5.41) is 7.89. The Bertz CT molecular complexity index is 1070. The van der Waals surface area contributed by atoms with Crippen molar-refractivity contribution >= 4 is 40.2 Å². The van der Waals surface area contributed by atoms with Gasteiger partial charge < -0.3 is 15.0 Å². The number of amides is 2. The molecule has 1 unspecified atom stereocenters. The normalized spacial score (nSPS) is 16.8. The van der Waals surface area contributed by atoms with E-state index >= 15 is 0 Å². The molecule has 0 aliphatic carbocycles. The zero-order chi connectivity index (χ0) is 24.1. The number of carbonyl (C=O) groups is 3. The molecule has 1 aromatic carbocycles. The van der Waals surface area contributed by atoms with Gasteiger partial charge in [-0.05, 0) is 51.0 Å². The maximum atomic E-state index is 12.8. The summed E-state index contributed by atoms with van der Waals surface area (Å²) in [5.74, 6) is -1.07. The molecule has 33 heavy (non-hydrogen) atoms. The number of halogens is 1. The molecule has 0 bridgehead atoms. The van der Waals surface area contributed by atoms with E-state index in [-0.39, 0.29) is 41.6 Å². The molecule has 2 amide bonds. The van der Waals surface area contributed by atoms with Crippen molar-refractivity contribution in [3.8, 4) is 0 Å². The molecule has 9 nitrogen and oxygen atoms in total. The van der Waals surface area contributed by atoms with Crippen LogP contribution in [0.15, 0.2) is 29.3 Å². The molecule has 1 aliphatic rings. The van der Waals surface area contributed by atoms with Crippen LogP contribution in [0.3, 0.4) is 0 Å². The lowest BCUT2D eigenvalue weighted by atomic mass is 10.0. The van der Waals surface area contributed by atoms with Crippen molar-refractivity contribution < 1.29 is 23.3 Å². The van der Waals surface area contributed by atoms with Gasteiger partial charge in [-0.25, -0.2) is 9.48 Å². The monoisotopic (exact) mass is 494 g/mol. The minimum Gasteiger partial charge on any atom is -0.462 e. The molecule has 11 heteroatoms. The molecule has 0 saturated carbocycles. The number of rotatable bonds is 7. The third-order valence-corrected chi connectivity index (χ3v) is 6.50. The van der Waals surface area contributed by atoms with Gasteiger partial charge >= 0.3 is 5.97 Å². The summed E-state index contributed by atoms with van der Waals surface area (Å²) in [6.07, 6.45) is 2.91. The van der Waals surface area contributed by atoms with Gasteiger partial charge in [-0.3, -0.25) is 13.8 Å². The van der Waals surface area contributed by atoms with Crippen LogP contribution in [0.2, 0.25) is 5.02 Å².